The van der Waals surface area contributed by atoms with Gasteiger partial charge in [-0.1, -0.05) is 19.3 Å². The largest absolute Gasteiger partial charge is 0.382 e. The molecular weight excluding hydrogens is 240 g/mol. The molecule has 104 valence electrons. The third-order valence-electron chi connectivity index (χ3n) is 4.16. The molecule has 2 rings (SSSR count). The van der Waals surface area contributed by atoms with Crippen LogP contribution in [0.1, 0.15) is 44.6 Å². The average molecular weight is 262 g/mol. The number of nitro benzene ring substituents is 1. The van der Waals surface area contributed by atoms with Crippen molar-refractivity contribution in [1.82, 2.24) is 0 Å². The molecule has 0 aromatic heterocycles. The summed E-state index contributed by atoms with van der Waals surface area (Å²) in [6.07, 6.45) is 6.60. The second kappa shape index (κ2) is 6.04. The number of nitrogens with one attached hydrogen (secondary N) is 1. The standard InChI is InChI=1S/C15H22N2O2/c1-11-10-14(17(18)19)8-9-15(11)16-12(2)13-6-4-3-5-7-13/h8-10,12-13,16H,3-7H2,1-2H3. The maximum atomic E-state index is 10.7. The number of rotatable bonds is 4. The lowest BCUT2D eigenvalue weighted by Crippen LogP contribution is -2.27. The van der Waals surface area contributed by atoms with Gasteiger partial charge in [-0.2, -0.15) is 0 Å². The van der Waals surface area contributed by atoms with Gasteiger partial charge in [-0.05, 0) is 44.2 Å². The molecule has 0 aliphatic heterocycles. The molecule has 1 fully saturated rings. The Labute approximate surface area is 114 Å². The first-order valence-electron chi connectivity index (χ1n) is 7.09. The first-order valence-corrected chi connectivity index (χ1v) is 7.09. The first-order chi connectivity index (χ1) is 9.08. The summed E-state index contributed by atoms with van der Waals surface area (Å²) in [6, 6.07) is 5.46. The van der Waals surface area contributed by atoms with Crippen molar-refractivity contribution in [1.29, 1.82) is 0 Å². The predicted octanol–water partition coefficient (Wildman–Crippen LogP) is 4.28. The molecule has 0 bridgehead atoms. The van der Waals surface area contributed by atoms with Gasteiger partial charge in [-0.25, -0.2) is 0 Å². The Morgan fingerprint density at radius 1 is 1.32 bits per heavy atom. The SMILES string of the molecule is Cc1cc([N+](=O)[O-])ccc1NC(C)C1CCCCC1. The van der Waals surface area contributed by atoms with Crippen molar-refractivity contribution in [2.75, 3.05) is 5.32 Å². The lowest BCUT2D eigenvalue weighted by Gasteiger charge is -2.29. The van der Waals surface area contributed by atoms with Crippen LogP contribution in [0, 0.1) is 23.0 Å². The number of nitro groups is 1. The van der Waals surface area contributed by atoms with E-state index in [1.165, 1.54) is 32.1 Å². The minimum atomic E-state index is -0.346. The van der Waals surface area contributed by atoms with Crippen LogP contribution in [0.3, 0.4) is 0 Å². The summed E-state index contributed by atoms with van der Waals surface area (Å²) in [5.41, 5.74) is 2.12. The summed E-state index contributed by atoms with van der Waals surface area (Å²) >= 11 is 0. The van der Waals surface area contributed by atoms with Gasteiger partial charge in [0.15, 0.2) is 0 Å². The summed E-state index contributed by atoms with van der Waals surface area (Å²) in [7, 11) is 0. The molecule has 0 saturated heterocycles. The molecule has 0 amide bonds. The van der Waals surface area contributed by atoms with Gasteiger partial charge in [-0.3, -0.25) is 10.1 Å². The average Bonchev–Trinajstić information content (AvgIpc) is 2.41. The van der Waals surface area contributed by atoms with Crippen LogP contribution in [-0.4, -0.2) is 11.0 Å². The van der Waals surface area contributed by atoms with Crippen LogP contribution in [0.5, 0.6) is 0 Å². The summed E-state index contributed by atoms with van der Waals surface area (Å²) < 4.78 is 0. The third-order valence-corrected chi connectivity index (χ3v) is 4.16. The second-order valence-electron chi connectivity index (χ2n) is 5.59. The van der Waals surface area contributed by atoms with Crippen molar-refractivity contribution in [3.63, 3.8) is 0 Å². The van der Waals surface area contributed by atoms with Gasteiger partial charge in [0.1, 0.15) is 0 Å². The van der Waals surface area contributed by atoms with E-state index >= 15 is 0 Å². The van der Waals surface area contributed by atoms with E-state index in [2.05, 4.69) is 12.2 Å². The number of non-ortho nitro benzene ring substituents is 1. The van der Waals surface area contributed by atoms with Crippen LogP contribution in [0.2, 0.25) is 0 Å². The molecule has 19 heavy (non-hydrogen) atoms. The van der Waals surface area contributed by atoms with E-state index in [0.717, 1.165) is 17.2 Å². The Balaban J connectivity index is 2.03. The summed E-state index contributed by atoms with van der Waals surface area (Å²) in [6.45, 7) is 4.14. The van der Waals surface area contributed by atoms with Crippen LogP contribution >= 0.6 is 0 Å². The van der Waals surface area contributed by atoms with Gasteiger partial charge in [0.25, 0.3) is 5.69 Å². The van der Waals surface area contributed by atoms with Crippen LogP contribution in [0.4, 0.5) is 11.4 Å². The normalized spacial score (nSPS) is 18.0. The predicted molar refractivity (Wildman–Crippen MR) is 77.5 cm³/mol. The lowest BCUT2D eigenvalue weighted by molar-refractivity contribution is -0.384. The second-order valence-corrected chi connectivity index (χ2v) is 5.59. The van der Waals surface area contributed by atoms with Gasteiger partial charge in [-0.15, -0.1) is 0 Å². The van der Waals surface area contributed by atoms with Crippen molar-refractivity contribution in [3.8, 4) is 0 Å². The molecule has 1 atom stereocenters. The van der Waals surface area contributed by atoms with Crippen molar-refractivity contribution in [2.24, 2.45) is 5.92 Å². The van der Waals surface area contributed by atoms with Gasteiger partial charge >= 0.3 is 0 Å². The Morgan fingerprint density at radius 3 is 2.58 bits per heavy atom. The lowest BCUT2D eigenvalue weighted by atomic mass is 9.84. The number of aryl methyl sites for hydroxylation is 1. The first kappa shape index (κ1) is 13.8. The monoisotopic (exact) mass is 262 g/mol. The molecule has 0 spiro atoms. The van der Waals surface area contributed by atoms with Gasteiger partial charge in [0.05, 0.1) is 4.92 Å². The number of anilines is 1. The van der Waals surface area contributed by atoms with E-state index in [4.69, 9.17) is 0 Å². The molecule has 1 aliphatic rings. The molecule has 4 nitrogen and oxygen atoms in total. The molecule has 0 radical (unpaired) electrons. The minimum absolute atomic E-state index is 0.161. The zero-order valence-corrected chi connectivity index (χ0v) is 11.7. The highest BCUT2D eigenvalue weighted by atomic mass is 16.6. The van der Waals surface area contributed by atoms with Gasteiger partial charge in [0.2, 0.25) is 0 Å². The van der Waals surface area contributed by atoms with Crippen LogP contribution in [0.25, 0.3) is 0 Å². The van der Waals surface area contributed by atoms with E-state index in [1.807, 2.05) is 13.0 Å². The number of nitrogens with zero attached hydrogens (tertiary/aromatic N) is 1. The van der Waals surface area contributed by atoms with Gasteiger partial charge < -0.3 is 5.32 Å². The Bertz CT molecular complexity index is 453. The highest BCUT2D eigenvalue weighted by molar-refractivity contribution is 5.55. The van der Waals surface area contributed by atoms with Crippen LogP contribution in [-0.2, 0) is 0 Å². The number of benzene rings is 1. The highest BCUT2D eigenvalue weighted by Gasteiger charge is 2.20. The van der Waals surface area contributed by atoms with Gasteiger partial charge in [0, 0.05) is 23.9 Å². The molecule has 1 aromatic rings. The van der Waals surface area contributed by atoms with Crippen molar-refractivity contribution in [3.05, 3.63) is 33.9 Å². The van der Waals surface area contributed by atoms with Crippen LogP contribution in [0.15, 0.2) is 18.2 Å². The molecule has 1 N–H and O–H groups in total. The van der Waals surface area contributed by atoms with E-state index in [-0.39, 0.29) is 10.6 Å². The highest BCUT2D eigenvalue weighted by Crippen LogP contribution is 2.29. The molecule has 0 heterocycles. The smallest absolute Gasteiger partial charge is 0.269 e. The quantitative estimate of drug-likeness (QED) is 0.650. The number of hydrogen-bond acceptors (Lipinski definition) is 3. The van der Waals surface area contributed by atoms with E-state index in [9.17, 15) is 10.1 Å². The summed E-state index contributed by atoms with van der Waals surface area (Å²) in [4.78, 5) is 10.4. The molecule has 1 aliphatic carbocycles. The summed E-state index contributed by atoms with van der Waals surface area (Å²) in [5, 5.41) is 14.2. The maximum absolute atomic E-state index is 10.7. The molecule has 4 heteroatoms. The van der Waals surface area contributed by atoms with E-state index < -0.39 is 0 Å². The number of hydrogen-bond donors (Lipinski definition) is 1. The molecule has 1 unspecified atom stereocenters. The molecular formula is C15H22N2O2. The molecule has 1 aromatic carbocycles. The molecule has 1 saturated carbocycles. The Kier molecular flexibility index (Phi) is 4.40. The minimum Gasteiger partial charge on any atom is -0.382 e. The Hall–Kier alpha value is -1.58. The Morgan fingerprint density at radius 2 is 2.00 bits per heavy atom. The maximum Gasteiger partial charge on any atom is 0.269 e. The fourth-order valence-electron chi connectivity index (χ4n) is 2.92. The third kappa shape index (κ3) is 3.46. The topological polar surface area (TPSA) is 55.2 Å². The fourth-order valence-corrected chi connectivity index (χ4v) is 2.92. The van der Waals surface area contributed by atoms with Crippen molar-refractivity contribution >= 4 is 11.4 Å². The van der Waals surface area contributed by atoms with E-state index in [1.54, 1.807) is 12.1 Å². The van der Waals surface area contributed by atoms with Crippen molar-refractivity contribution in [2.45, 2.75) is 52.0 Å². The van der Waals surface area contributed by atoms with Crippen molar-refractivity contribution < 1.29 is 4.92 Å². The van der Waals surface area contributed by atoms with E-state index in [0.29, 0.717) is 6.04 Å². The zero-order valence-electron chi connectivity index (χ0n) is 11.7. The fraction of sp³-hybridized carbons (Fsp3) is 0.600. The summed E-state index contributed by atoms with van der Waals surface area (Å²) in [5.74, 6) is 0.725. The van der Waals surface area contributed by atoms with Crippen LogP contribution < -0.4 is 5.32 Å². The zero-order chi connectivity index (χ0) is 13.8.